The van der Waals surface area contributed by atoms with Crippen LogP contribution in [0.5, 0.6) is 0 Å². The molecule has 2 aromatic rings. The zero-order chi connectivity index (χ0) is 24.3. The van der Waals surface area contributed by atoms with E-state index in [1.54, 1.807) is 9.80 Å². The summed E-state index contributed by atoms with van der Waals surface area (Å²) in [6.07, 6.45) is 5.98. The molecule has 1 fully saturated rings. The van der Waals surface area contributed by atoms with Crippen molar-refractivity contribution in [3.8, 4) is 11.3 Å². The molecule has 2 heterocycles. The van der Waals surface area contributed by atoms with Crippen molar-refractivity contribution in [2.45, 2.75) is 58.8 Å². The molecule has 1 saturated heterocycles. The quantitative estimate of drug-likeness (QED) is 0.334. The summed E-state index contributed by atoms with van der Waals surface area (Å²) in [6.45, 7) is 5.24. The van der Waals surface area contributed by atoms with Gasteiger partial charge in [0.15, 0.2) is 11.7 Å². The van der Waals surface area contributed by atoms with E-state index in [9.17, 15) is 14.4 Å². The van der Waals surface area contributed by atoms with Crippen molar-refractivity contribution in [1.82, 2.24) is 9.88 Å². The van der Waals surface area contributed by atoms with Crippen LogP contribution < -0.4 is 4.90 Å². The summed E-state index contributed by atoms with van der Waals surface area (Å²) in [7, 11) is 0. The standard InChI is InChI=1S/C26H35N3O4S/c1-3-5-6-10-16-29(26-27-22(19-34-26)20-12-8-7-9-13-20)24(31)18-33-25(32)21-14-11-15-28(17-21)23(30)4-2/h7-9,12-13,19,21H,3-6,10-11,14-18H2,1-2H3. The molecule has 0 bridgehead atoms. The number of anilines is 1. The summed E-state index contributed by atoms with van der Waals surface area (Å²) in [5, 5.41) is 2.57. The number of nitrogens with zero attached hydrogens (tertiary/aromatic N) is 3. The van der Waals surface area contributed by atoms with E-state index >= 15 is 0 Å². The van der Waals surface area contributed by atoms with Gasteiger partial charge in [0.1, 0.15) is 0 Å². The average Bonchev–Trinajstić information content (AvgIpc) is 3.37. The third kappa shape index (κ3) is 7.13. The zero-order valence-corrected chi connectivity index (χ0v) is 21.0. The first-order valence-corrected chi connectivity index (χ1v) is 13.2. The summed E-state index contributed by atoms with van der Waals surface area (Å²) in [5.74, 6) is -1.00. The number of ether oxygens (including phenoxy) is 1. The number of piperidine rings is 1. The molecule has 1 atom stereocenters. The maximum absolute atomic E-state index is 13.1. The van der Waals surface area contributed by atoms with Gasteiger partial charge in [-0.25, -0.2) is 4.98 Å². The van der Waals surface area contributed by atoms with Gasteiger partial charge in [0, 0.05) is 37.0 Å². The van der Waals surface area contributed by atoms with Gasteiger partial charge in [-0.2, -0.15) is 0 Å². The zero-order valence-electron chi connectivity index (χ0n) is 20.2. The monoisotopic (exact) mass is 485 g/mol. The number of hydrogen-bond acceptors (Lipinski definition) is 6. The number of thiazole rings is 1. The molecular formula is C26H35N3O4S. The van der Waals surface area contributed by atoms with E-state index < -0.39 is 5.97 Å². The number of likely N-dealkylation sites (tertiary alicyclic amines) is 1. The van der Waals surface area contributed by atoms with E-state index in [-0.39, 0.29) is 24.3 Å². The van der Waals surface area contributed by atoms with E-state index in [1.165, 1.54) is 11.3 Å². The van der Waals surface area contributed by atoms with Crippen molar-refractivity contribution in [1.29, 1.82) is 0 Å². The lowest BCUT2D eigenvalue weighted by Gasteiger charge is -2.31. The molecule has 1 unspecified atom stereocenters. The van der Waals surface area contributed by atoms with E-state index in [4.69, 9.17) is 9.72 Å². The number of esters is 1. The fourth-order valence-corrected chi connectivity index (χ4v) is 4.98. The van der Waals surface area contributed by atoms with Crippen LogP contribution in [0.2, 0.25) is 0 Å². The molecule has 184 valence electrons. The summed E-state index contributed by atoms with van der Waals surface area (Å²) in [6, 6.07) is 9.86. The Balaban J connectivity index is 1.63. The number of aromatic nitrogens is 1. The van der Waals surface area contributed by atoms with Crippen molar-refractivity contribution in [2.24, 2.45) is 5.92 Å². The van der Waals surface area contributed by atoms with Gasteiger partial charge in [0.25, 0.3) is 5.91 Å². The first kappa shape index (κ1) is 25.9. The molecule has 1 aromatic heterocycles. The van der Waals surface area contributed by atoms with Crippen LogP contribution in [0.25, 0.3) is 11.3 Å². The molecule has 34 heavy (non-hydrogen) atoms. The summed E-state index contributed by atoms with van der Waals surface area (Å²) >= 11 is 1.42. The van der Waals surface area contributed by atoms with Crippen molar-refractivity contribution >= 4 is 34.3 Å². The lowest BCUT2D eigenvalue weighted by atomic mass is 9.98. The van der Waals surface area contributed by atoms with Crippen LogP contribution in [-0.4, -0.2) is 53.9 Å². The highest BCUT2D eigenvalue weighted by Crippen LogP contribution is 2.28. The highest BCUT2D eigenvalue weighted by atomic mass is 32.1. The fourth-order valence-electron chi connectivity index (χ4n) is 4.10. The molecule has 0 spiro atoms. The number of carbonyl (C=O) groups excluding carboxylic acids is 3. The topological polar surface area (TPSA) is 79.8 Å². The number of unbranched alkanes of at least 4 members (excludes halogenated alkanes) is 3. The second kappa shape index (κ2) is 13.2. The average molecular weight is 486 g/mol. The van der Waals surface area contributed by atoms with Crippen LogP contribution in [0.4, 0.5) is 5.13 Å². The van der Waals surface area contributed by atoms with Crippen LogP contribution in [0.1, 0.15) is 58.8 Å². The highest BCUT2D eigenvalue weighted by molar-refractivity contribution is 7.14. The molecule has 1 aliphatic heterocycles. The van der Waals surface area contributed by atoms with Gasteiger partial charge in [-0.3, -0.25) is 19.3 Å². The molecular weight excluding hydrogens is 450 g/mol. The number of carbonyl (C=O) groups is 3. The highest BCUT2D eigenvalue weighted by Gasteiger charge is 2.30. The van der Waals surface area contributed by atoms with Crippen LogP contribution in [0, 0.1) is 5.92 Å². The van der Waals surface area contributed by atoms with Crippen LogP contribution in [-0.2, 0) is 19.1 Å². The fraction of sp³-hybridized carbons (Fsp3) is 0.538. The summed E-state index contributed by atoms with van der Waals surface area (Å²) in [5.41, 5.74) is 1.82. The Labute approximate surface area is 206 Å². The SMILES string of the molecule is CCCCCCN(C(=O)COC(=O)C1CCCN(C(=O)CC)C1)c1nc(-c2ccccc2)cs1. The number of rotatable bonds is 11. The van der Waals surface area contributed by atoms with Gasteiger partial charge < -0.3 is 9.64 Å². The molecule has 0 saturated carbocycles. The van der Waals surface area contributed by atoms with E-state index in [0.717, 1.165) is 43.4 Å². The van der Waals surface area contributed by atoms with Crippen molar-refractivity contribution < 1.29 is 19.1 Å². The van der Waals surface area contributed by atoms with Gasteiger partial charge in [-0.1, -0.05) is 63.4 Å². The van der Waals surface area contributed by atoms with Gasteiger partial charge >= 0.3 is 5.97 Å². The van der Waals surface area contributed by atoms with E-state index in [0.29, 0.717) is 37.6 Å². The van der Waals surface area contributed by atoms with Crippen molar-refractivity contribution in [3.05, 3.63) is 35.7 Å². The van der Waals surface area contributed by atoms with Gasteiger partial charge in [-0.05, 0) is 19.3 Å². The molecule has 0 aliphatic carbocycles. The Morgan fingerprint density at radius 2 is 1.94 bits per heavy atom. The molecule has 3 rings (SSSR count). The second-order valence-electron chi connectivity index (χ2n) is 8.63. The van der Waals surface area contributed by atoms with E-state index in [2.05, 4.69) is 6.92 Å². The number of benzene rings is 1. The second-order valence-corrected chi connectivity index (χ2v) is 9.46. The summed E-state index contributed by atoms with van der Waals surface area (Å²) < 4.78 is 5.44. The summed E-state index contributed by atoms with van der Waals surface area (Å²) in [4.78, 5) is 45.8. The number of hydrogen-bond donors (Lipinski definition) is 0. The van der Waals surface area contributed by atoms with Crippen molar-refractivity contribution in [3.63, 3.8) is 0 Å². The Morgan fingerprint density at radius 3 is 2.68 bits per heavy atom. The minimum absolute atomic E-state index is 0.0461. The third-order valence-corrected chi connectivity index (χ3v) is 6.94. The van der Waals surface area contributed by atoms with E-state index in [1.807, 2.05) is 42.6 Å². The molecule has 0 radical (unpaired) electrons. The largest absolute Gasteiger partial charge is 0.455 e. The van der Waals surface area contributed by atoms with Gasteiger partial charge in [-0.15, -0.1) is 11.3 Å². The Bertz CT molecular complexity index is 947. The number of amides is 2. The van der Waals surface area contributed by atoms with Gasteiger partial charge in [0.05, 0.1) is 11.6 Å². The maximum atomic E-state index is 13.1. The normalized spacial score (nSPS) is 15.7. The molecule has 7 nitrogen and oxygen atoms in total. The molecule has 0 N–H and O–H groups in total. The van der Waals surface area contributed by atoms with Crippen LogP contribution in [0.3, 0.4) is 0 Å². The molecule has 2 amide bonds. The minimum atomic E-state index is -0.406. The predicted octanol–water partition coefficient (Wildman–Crippen LogP) is 4.92. The minimum Gasteiger partial charge on any atom is -0.455 e. The van der Waals surface area contributed by atoms with Crippen molar-refractivity contribution in [2.75, 3.05) is 31.1 Å². The smallest absolute Gasteiger partial charge is 0.311 e. The molecule has 1 aromatic carbocycles. The third-order valence-electron chi connectivity index (χ3n) is 6.08. The molecule has 8 heteroatoms. The maximum Gasteiger partial charge on any atom is 0.311 e. The lowest BCUT2D eigenvalue weighted by Crippen LogP contribution is -2.43. The Hall–Kier alpha value is -2.74. The first-order valence-electron chi connectivity index (χ1n) is 12.3. The molecule has 1 aliphatic rings. The van der Waals surface area contributed by atoms with Crippen LogP contribution >= 0.6 is 11.3 Å². The first-order chi connectivity index (χ1) is 16.5. The van der Waals surface area contributed by atoms with Crippen LogP contribution in [0.15, 0.2) is 35.7 Å². The Kier molecular flexibility index (Phi) is 10.1. The Morgan fingerprint density at radius 1 is 1.15 bits per heavy atom. The van der Waals surface area contributed by atoms with Gasteiger partial charge in [0.2, 0.25) is 5.91 Å². The predicted molar refractivity (Wildman–Crippen MR) is 135 cm³/mol. The lowest BCUT2D eigenvalue weighted by molar-refractivity contribution is -0.154.